The molecule has 0 aromatic carbocycles. The highest BCUT2D eigenvalue weighted by molar-refractivity contribution is 5.79. The lowest BCUT2D eigenvalue weighted by Gasteiger charge is -2.34. The second-order valence-corrected chi connectivity index (χ2v) is 7.58. The maximum atomic E-state index is 5.72. The molecule has 1 N–H and O–H groups in total. The maximum absolute atomic E-state index is 5.72. The lowest BCUT2D eigenvalue weighted by Crippen LogP contribution is -2.48. The third-order valence-corrected chi connectivity index (χ3v) is 4.97. The van der Waals surface area contributed by atoms with Crippen LogP contribution in [0.25, 0.3) is 0 Å². The van der Waals surface area contributed by atoms with Gasteiger partial charge in [-0.1, -0.05) is 6.92 Å². The van der Waals surface area contributed by atoms with E-state index in [1.807, 2.05) is 7.05 Å². The minimum Gasteiger partial charge on any atom is -0.379 e. The van der Waals surface area contributed by atoms with Gasteiger partial charge in [0.2, 0.25) is 0 Å². The van der Waals surface area contributed by atoms with Crippen molar-refractivity contribution in [2.75, 3.05) is 80.2 Å². The molecule has 1 heterocycles. The van der Waals surface area contributed by atoms with Crippen LogP contribution in [0.2, 0.25) is 0 Å². The molecule has 1 aliphatic carbocycles. The Morgan fingerprint density at radius 3 is 2.62 bits per heavy atom. The molecule has 24 heavy (non-hydrogen) atoms. The third-order valence-electron chi connectivity index (χ3n) is 4.97. The zero-order chi connectivity index (χ0) is 17.4. The molecule has 2 aliphatic rings. The Labute approximate surface area is 148 Å². The molecule has 0 radical (unpaired) electrons. The molecular formula is C18H37N5O. The van der Waals surface area contributed by atoms with Crippen LogP contribution < -0.4 is 5.32 Å². The first-order valence-corrected chi connectivity index (χ1v) is 9.49. The average molecular weight is 340 g/mol. The number of likely N-dealkylation sites (N-methyl/N-ethyl adjacent to an activating group) is 2. The number of nitrogens with one attached hydrogen (secondary N) is 1. The number of aliphatic imine (C=N–C) groups is 1. The van der Waals surface area contributed by atoms with E-state index in [1.54, 1.807) is 0 Å². The lowest BCUT2D eigenvalue weighted by atomic mass is 10.1. The van der Waals surface area contributed by atoms with Gasteiger partial charge in [-0.25, -0.2) is 0 Å². The van der Waals surface area contributed by atoms with Gasteiger partial charge in [0.15, 0.2) is 5.96 Å². The van der Waals surface area contributed by atoms with Crippen LogP contribution >= 0.6 is 0 Å². The fourth-order valence-electron chi connectivity index (χ4n) is 3.03. The standard InChI is InChI=1S/C18H37N5O/c1-16(14-23-9-7-21(3)8-10-23)13-20-18(19-2)22(4)11-12-24-15-17-5-6-17/h16-17H,5-15H2,1-4H3,(H,19,20). The number of hydrogen-bond acceptors (Lipinski definition) is 4. The topological polar surface area (TPSA) is 43.3 Å². The number of ether oxygens (including phenoxy) is 1. The average Bonchev–Trinajstić information content (AvgIpc) is 3.38. The van der Waals surface area contributed by atoms with Crippen molar-refractivity contribution in [3.05, 3.63) is 0 Å². The van der Waals surface area contributed by atoms with Gasteiger partial charge in [-0.05, 0) is 31.7 Å². The minimum absolute atomic E-state index is 0.615. The van der Waals surface area contributed by atoms with Crippen LogP contribution in [-0.2, 0) is 4.74 Å². The quantitative estimate of drug-likeness (QED) is 0.382. The predicted molar refractivity (Wildman–Crippen MR) is 101 cm³/mol. The monoisotopic (exact) mass is 339 g/mol. The van der Waals surface area contributed by atoms with E-state index in [0.717, 1.165) is 44.7 Å². The Kier molecular flexibility index (Phi) is 8.29. The van der Waals surface area contributed by atoms with Gasteiger partial charge in [-0.3, -0.25) is 4.99 Å². The zero-order valence-electron chi connectivity index (χ0n) is 16.1. The summed E-state index contributed by atoms with van der Waals surface area (Å²) in [5.74, 6) is 2.42. The van der Waals surface area contributed by atoms with Gasteiger partial charge in [-0.15, -0.1) is 0 Å². The van der Waals surface area contributed by atoms with Crippen LogP contribution in [0.5, 0.6) is 0 Å². The fraction of sp³-hybridized carbons (Fsp3) is 0.944. The number of nitrogens with zero attached hydrogens (tertiary/aromatic N) is 4. The van der Waals surface area contributed by atoms with Crippen molar-refractivity contribution in [1.82, 2.24) is 20.0 Å². The molecule has 6 nitrogen and oxygen atoms in total. The molecule has 1 saturated heterocycles. The Morgan fingerprint density at radius 2 is 2.00 bits per heavy atom. The largest absolute Gasteiger partial charge is 0.379 e. The summed E-state index contributed by atoms with van der Waals surface area (Å²) in [6, 6.07) is 0. The lowest BCUT2D eigenvalue weighted by molar-refractivity contribution is 0.115. The molecule has 0 amide bonds. The summed E-state index contributed by atoms with van der Waals surface area (Å²) in [4.78, 5) is 11.5. The van der Waals surface area contributed by atoms with Crippen LogP contribution in [0.15, 0.2) is 4.99 Å². The molecule has 0 spiro atoms. The minimum atomic E-state index is 0.615. The third kappa shape index (κ3) is 7.36. The predicted octanol–water partition coefficient (Wildman–Crippen LogP) is 0.804. The highest BCUT2D eigenvalue weighted by Gasteiger charge is 2.21. The van der Waals surface area contributed by atoms with Gasteiger partial charge >= 0.3 is 0 Å². The molecule has 1 saturated carbocycles. The summed E-state index contributed by atoms with van der Waals surface area (Å²) in [5.41, 5.74) is 0. The number of rotatable bonds is 9. The molecule has 2 rings (SSSR count). The van der Waals surface area contributed by atoms with E-state index in [9.17, 15) is 0 Å². The van der Waals surface area contributed by atoms with Gasteiger partial charge in [0.1, 0.15) is 0 Å². The molecular weight excluding hydrogens is 302 g/mol. The van der Waals surface area contributed by atoms with Crippen molar-refractivity contribution in [2.45, 2.75) is 19.8 Å². The summed E-state index contributed by atoms with van der Waals surface area (Å²) in [5, 5.41) is 3.51. The second-order valence-electron chi connectivity index (χ2n) is 7.58. The van der Waals surface area contributed by atoms with Crippen molar-refractivity contribution in [2.24, 2.45) is 16.8 Å². The Balaban J connectivity index is 1.58. The molecule has 1 atom stereocenters. The molecule has 6 heteroatoms. The van der Waals surface area contributed by atoms with Gasteiger partial charge in [0, 0.05) is 66.5 Å². The molecule has 0 aromatic heterocycles. The molecule has 0 aromatic rings. The molecule has 1 unspecified atom stereocenters. The van der Waals surface area contributed by atoms with Gasteiger partial charge < -0.3 is 24.8 Å². The van der Waals surface area contributed by atoms with Crippen molar-refractivity contribution < 1.29 is 4.74 Å². The fourth-order valence-corrected chi connectivity index (χ4v) is 3.03. The van der Waals surface area contributed by atoms with Crippen molar-refractivity contribution in [3.8, 4) is 0 Å². The Morgan fingerprint density at radius 1 is 1.29 bits per heavy atom. The smallest absolute Gasteiger partial charge is 0.193 e. The summed E-state index contributed by atoms with van der Waals surface area (Å²) >= 11 is 0. The van der Waals surface area contributed by atoms with E-state index in [1.165, 1.54) is 39.0 Å². The summed E-state index contributed by atoms with van der Waals surface area (Å²) in [6.45, 7) is 11.8. The molecule has 0 bridgehead atoms. The van der Waals surface area contributed by atoms with Crippen molar-refractivity contribution >= 4 is 5.96 Å². The van der Waals surface area contributed by atoms with E-state index < -0.39 is 0 Å². The van der Waals surface area contributed by atoms with E-state index in [-0.39, 0.29) is 0 Å². The van der Waals surface area contributed by atoms with Gasteiger partial charge in [0.25, 0.3) is 0 Å². The molecule has 1 aliphatic heterocycles. The number of guanidine groups is 1. The van der Waals surface area contributed by atoms with Crippen molar-refractivity contribution in [1.29, 1.82) is 0 Å². The number of hydrogen-bond donors (Lipinski definition) is 1. The first kappa shape index (κ1) is 19.5. The van der Waals surface area contributed by atoms with Crippen LogP contribution in [0.1, 0.15) is 19.8 Å². The Bertz CT molecular complexity index is 378. The van der Waals surface area contributed by atoms with E-state index in [4.69, 9.17) is 4.74 Å². The summed E-state index contributed by atoms with van der Waals surface area (Å²) in [6.07, 6.45) is 2.70. The van der Waals surface area contributed by atoms with E-state index in [2.05, 4.69) is 46.0 Å². The van der Waals surface area contributed by atoms with E-state index >= 15 is 0 Å². The second kappa shape index (κ2) is 10.2. The van der Waals surface area contributed by atoms with Crippen LogP contribution in [0.4, 0.5) is 0 Å². The highest BCUT2D eigenvalue weighted by atomic mass is 16.5. The summed E-state index contributed by atoms with van der Waals surface area (Å²) < 4.78 is 5.72. The highest BCUT2D eigenvalue weighted by Crippen LogP contribution is 2.28. The first-order chi connectivity index (χ1) is 11.6. The molecule has 140 valence electrons. The van der Waals surface area contributed by atoms with Gasteiger partial charge in [-0.2, -0.15) is 0 Å². The van der Waals surface area contributed by atoms with Crippen LogP contribution in [0, 0.1) is 11.8 Å². The van der Waals surface area contributed by atoms with Crippen LogP contribution in [0.3, 0.4) is 0 Å². The normalized spacial score (nSPS) is 21.8. The van der Waals surface area contributed by atoms with Crippen LogP contribution in [-0.4, -0.2) is 101 Å². The van der Waals surface area contributed by atoms with E-state index in [0.29, 0.717) is 5.92 Å². The Hall–Kier alpha value is -0.850. The maximum Gasteiger partial charge on any atom is 0.193 e. The number of piperazine rings is 1. The van der Waals surface area contributed by atoms with Crippen molar-refractivity contribution in [3.63, 3.8) is 0 Å². The first-order valence-electron chi connectivity index (χ1n) is 9.49. The molecule has 2 fully saturated rings. The zero-order valence-corrected chi connectivity index (χ0v) is 16.1. The summed E-state index contributed by atoms with van der Waals surface area (Å²) in [7, 11) is 6.15. The van der Waals surface area contributed by atoms with Gasteiger partial charge in [0.05, 0.1) is 6.61 Å². The SMILES string of the molecule is CN=C(NCC(C)CN1CCN(C)CC1)N(C)CCOCC1CC1.